The molecular formula is C26H28N4O6. The molecule has 0 aliphatic carbocycles. The summed E-state index contributed by atoms with van der Waals surface area (Å²) in [6.45, 7) is 6.04. The highest BCUT2D eigenvalue weighted by Crippen LogP contribution is 2.33. The summed E-state index contributed by atoms with van der Waals surface area (Å²) in [6.07, 6.45) is 2.07. The first-order chi connectivity index (χ1) is 17.7. The summed E-state index contributed by atoms with van der Waals surface area (Å²) in [5.74, 6) is 2.16. The molecule has 1 atom stereocenters. The number of rotatable bonds is 7. The molecule has 188 valence electrons. The van der Waals surface area contributed by atoms with Crippen molar-refractivity contribution in [2.45, 2.75) is 19.1 Å². The van der Waals surface area contributed by atoms with Gasteiger partial charge in [-0.05, 0) is 42.3 Å². The lowest BCUT2D eigenvalue weighted by atomic mass is 9.97. The second-order valence-corrected chi connectivity index (χ2v) is 8.95. The van der Waals surface area contributed by atoms with Gasteiger partial charge in [0.2, 0.25) is 5.88 Å². The first-order valence-electron chi connectivity index (χ1n) is 12.3. The molecule has 0 bridgehead atoms. The molecular weight excluding hydrogens is 464 g/mol. The minimum Gasteiger partial charge on any atom is -0.492 e. The molecule has 36 heavy (non-hydrogen) atoms. The van der Waals surface area contributed by atoms with Crippen LogP contribution in [0, 0.1) is 0 Å². The number of aryl methyl sites for hydroxylation is 1. The van der Waals surface area contributed by atoms with Gasteiger partial charge in [0.15, 0.2) is 11.9 Å². The quantitative estimate of drug-likeness (QED) is 0.489. The molecule has 0 N–H and O–H groups in total. The van der Waals surface area contributed by atoms with Gasteiger partial charge in [0.25, 0.3) is 5.88 Å². The number of pyridine rings is 1. The number of aromatic nitrogens is 3. The topological polar surface area (TPSA) is 97.2 Å². The van der Waals surface area contributed by atoms with Crippen LogP contribution in [0.15, 0.2) is 47.4 Å². The van der Waals surface area contributed by atoms with Gasteiger partial charge in [0.05, 0.1) is 18.9 Å². The molecule has 10 heteroatoms. The average Bonchev–Trinajstić information content (AvgIpc) is 2.92. The zero-order valence-corrected chi connectivity index (χ0v) is 19.9. The van der Waals surface area contributed by atoms with E-state index in [-0.39, 0.29) is 24.3 Å². The number of benzene rings is 1. The fourth-order valence-electron chi connectivity index (χ4n) is 4.68. The van der Waals surface area contributed by atoms with Gasteiger partial charge >= 0.3 is 5.69 Å². The molecule has 3 aliphatic rings. The minimum atomic E-state index is -0.327. The maximum absolute atomic E-state index is 12.7. The van der Waals surface area contributed by atoms with Crippen LogP contribution in [0.25, 0.3) is 11.3 Å². The molecule has 10 nitrogen and oxygen atoms in total. The van der Waals surface area contributed by atoms with Crippen LogP contribution in [0.3, 0.4) is 0 Å². The van der Waals surface area contributed by atoms with E-state index >= 15 is 0 Å². The molecule has 3 aromatic rings. The fraction of sp³-hybridized carbons (Fsp3) is 0.423. The third-order valence-electron chi connectivity index (χ3n) is 6.58. The number of nitrogens with zero attached hydrogens (tertiary/aromatic N) is 4. The summed E-state index contributed by atoms with van der Waals surface area (Å²) in [7, 11) is 0. The molecule has 1 saturated heterocycles. The van der Waals surface area contributed by atoms with Crippen molar-refractivity contribution >= 4 is 0 Å². The van der Waals surface area contributed by atoms with Gasteiger partial charge in [-0.3, -0.25) is 9.47 Å². The molecule has 3 aliphatic heterocycles. The number of hydrogen-bond acceptors (Lipinski definition) is 9. The summed E-state index contributed by atoms with van der Waals surface area (Å²) in [6, 6.07) is 11.4. The highest BCUT2D eigenvalue weighted by molar-refractivity contribution is 5.67. The average molecular weight is 493 g/mol. The number of morpholine rings is 1. The van der Waals surface area contributed by atoms with Crippen LogP contribution in [-0.4, -0.2) is 78.2 Å². The van der Waals surface area contributed by atoms with Crippen LogP contribution < -0.4 is 24.6 Å². The molecule has 0 spiro atoms. The van der Waals surface area contributed by atoms with Gasteiger partial charge in [-0.25, -0.2) is 9.78 Å². The maximum Gasteiger partial charge on any atom is 0.351 e. The highest BCUT2D eigenvalue weighted by atomic mass is 16.6. The standard InChI is InChI=1S/C26H28N4O6/c31-26-28-24(34-16-20-17-35-25-23(36-20)2-1-6-27-25)15-22-21-4-3-19(14-18(21)5-7-30(22)26)33-13-10-29-8-11-32-12-9-29/h1-4,6,14-15,20H,5,7-13,16-17H2. The Morgan fingerprint density at radius 2 is 2.00 bits per heavy atom. The summed E-state index contributed by atoms with van der Waals surface area (Å²) in [5, 5.41) is 0. The molecule has 0 radical (unpaired) electrons. The van der Waals surface area contributed by atoms with Gasteiger partial charge < -0.3 is 23.7 Å². The monoisotopic (exact) mass is 492 g/mol. The Hall–Kier alpha value is -3.63. The normalized spacial score (nSPS) is 18.7. The predicted molar refractivity (Wildman–Crippen MR) is 130 cm³/mol. The van der Waals surface area contributed by atoms with Crippen LogP contribution in [-0.2, 0) is 17.7 Å². The number of ether oxygens (including phenoxy) is 5. The van der Waals surface area contributed by atoms with E-state index in [0.717, 1.165) is 61.8 Å². The lowest BCUT2D eigenvalue weighted by Crippen LogP contribution is -2.38. The Morgan fingerprint density at radius 1 is 1.08 bits per heavy atom. The number of fused-ring (bicyclic) bond motifs is 4. The molecule has 0 saturated carbocycles. The predicted octanol–water partition coefficient (Wildman–Crippen LogP) is 1.79. The van der Waals surface area contributed by atoms with Gasteiger partial charge in [-0.2, -0.15) is 4.98 Å². The summed E-state index contributed by atoms with van der Waals surface area (Å²) < 4.78 is 30.5. The van der Waals surface area contributed by atoms with Crippen molar-refractivity contribution in [3.05, 3.63) is 58.6 Å². The van der Waals surface area contributed by atoms with E-state index in [0.29, 0.717) is 31.4 Å². The van der Waals surface area contributed by atoms with Crippen molar-refractivity contribution in [3.8, 4) is 34.5 Å². The first-order valence-corrected chi connectivity index (χ1v) is 12.3. The van der Waals surface area contributed by atoms with Crippen LogP contribution in [0.4, 0.5) is 0 Å². The van der Waals surface area contributed by atoms with Crippen molar-refractivity contribution in [3.63, 3.8) is 0 Å². The van der Waals surface area contributed by atoms with E-state index < -0.39 is 0 Å². The fourth-order valence-corrected chi connectivity index (χ4v) is 4.68. The summed E-state index contributed by atoms with van der Waals surface area (Å²) in [5.41, 5.74) is 2.60. The Bertz CT molecular complexity index is 1290. The zero-order valence-electron chi connectivity index (χ0n) is 19.9. The SMILES string of the molecule is O=c1nc(OCC2COc3ncccc3O2)cc2n1CCc1cc(OCCN3CCOCC3)ccc1-2. The first kappa shape index (κ1) is 22.8. The van der Waals surface area contributed by atoms with Crippen LogP contribution in [0.1, 0.15) is 5.56 Å². The van der Waals surface area contributed by atoms with Gasteiger partial charge in [-0.15, -0.1) is 0 Å². The van der Waals surface area contributed by atoms with E-state index in [2.05, 4.69) is 20.9 Å². The summed E-state index contributed by atoms with van der Waals surface area (Å²) in [4.78, 5) is 23.3. The smallest absolute Gasteiger partial charge is 0.351 e. The Balaban J connectivity index is 1.12. The highest BCUT2D eigenvalue weighted by Gasteiger charge is 2.24. The van der Waals surface area contributed by atoms with Crippen LogP contribution in [0.2, 0.25) is 0 Å². The van der Waals surface area contributed by atoms with Crippen molar-refractivity contribution < 1.29 is 23.7 Å². The second kappa shape index (κ2) is 10.2. The lowest BCUT2D eigenvalue weighted by molar-refractivity contribution is 0.0322. The maximum atomic E-state index is 12.7. The van der Waals surface area contributed by atoms with E-state index in [1.807, 2.05) is 18.2 Å². The van der Waals surface area contributed by atoms with Crippen LogP contribution in [0.5, 0.6) is 23.3 Å². The zero-order chi connectivity index (χ0) is 24.3. The van der Waals surface area contributed by atoms with Crippen molar-refractivity contribution in [1.82, 2.24) is 19.4 Å². The summed E-state index contributed by atoms with van der Waals surface area (Å²) >= 11 is 0. The van der Waals surface area contributed by atoms with Gasteiger partial charge in [0, 0.05) is 44.0 Å². The Labute approximate surface area is 208 Å². The lowest BCUT2D eigenvalue weighted by Gasteiger charge is -2.26. The van der Waals surface area contributed by atoms with E-state index in [9.17, 15) is 4.79 Å². The Kier molecular flexibility index (Phi) is 6.44. The van der Waals surface area contributed by atoms with Gasteiger partial charge in [0.1, 0.15) is 25.6 Å². The number of hydrogen-bond donors (Lipinski definition) is 0. The van der Waals surface area contributed by atoms with E-state index in [4.69, 9.17) is 23.7 Å². The molecule has 1 unspecified atom stereocenters. The second-order valence-electron chi connectivity index (χ2n) is 8.95. The molecule has 1 fully saturated rings. The van der Waals surface area contributed by atoms with Crippen molar-refractivity contribution in [2.24, 2.45) is 0 Å². The Morgan fingerprint density at radius 3 is 2.92 bits per heavy atom. The third-order valence-corrected chi connectivity index (χ3v) is 6.58. The molecule has 6 rings (SSSR count). The molecule has 2 aromatic heterocycles. The van der Waals surface area contributed by atoms with E-state index in [1.165, 1.54) is 0 Å². The minimum absolute atomic E-state index is 0.201. The van der Waals surface area contributed by atoms with E-state index in [1.54, 1.807) is 22.9 Å². The largest absolute Gasteiger partial charge is 0.492 e. The molecule has 1 aromatic carbocycles. The van der Waals surface area contributed by atoms with Crippen molar-refractivity contribution in [2.75, 3.05) is 52.7 Å². The third kappa shape index (κ3) is 4.87. The molecule has 0 amide bonds. The molecule has 5 heterocycles. The van der Waals surface area contributed by atoms with Crippen LogP contribution >= 0.6 is 0 Å². The van der Waals surface area contributed by atoms with Gasteiger partial charge in [-0.1, -0.05) is 0 Å². The van der Waals surface area contributed by atoms with Crippen molar-refractivity contribution in [1.29, 1.82) is 0 Å².